The van der Waals surface area contributed by atoms with Crippen molar-refractivity contribution in [3.8, 4) is 0 Å². The molecule has 3 N–H and O–H groups in total. The Kier molecular flexibility index (Phi) is 62.4. The number of carbonyl (C=O) groups excluding carboxylic acids is 2. The van der Waals surface area contributed by atoms with Crippen LogP contribution in [0.5, 0.6) is 0 Å². The van der Waals surface area contributed by atoms with E-state index in [9.17, 15) is 19.8 Å². The van der Waals surface area contributed by atoms with Crippen LogP contribution in [0.4, 0.5) is 0 Å². The minimum absolute atomic E-state index is 0.0250. The zero-order valence-electron chi connectivity index (χ0n) is 49.9. The Balaban J connectivity index is 3.27. The molecule has 0 saturated carbocycles. The molecular weight excluding hydrogens is 899 g/mol. The summed E-state index contributed by atoms with van der Waals surface area (Å²) in [6, 6.07) is -0.534. The molecule has 0 rings (SSSR count). The first-order valence-electron chi connectivity index (χ1n) is 33.8. The van der Waals surface area contributed by atoms with Crippen molar-refractivity contribution in [1.29, 1.82) is 0 Å². The number of hydrogen-bond acceptors (Lipinski definition) is 5. The molecule has 0 aromatic rings. The molecule has 436 valence electrons. The first-order valence-corrected chi connectivity index (χ1v) is 33.8. The molecule has 6 nitrogen and oxygen atoms in total. The Morgan fingerprint density at radius 2 is 0.562 bits per heavy atom. The minimum Gasteiger partial charge on any atom is -0.466 e. The fourth-order valence-corrected chi connectivity index (χ4v) is 11.0. The van der Waals surface area contributed by atoms with E-state index >= 15 is 0 Å². The van der Waals surface area contributed by atoms with Crippen molar-refractivity contribution in [2.45, 2.75) is 405 Å². The van der Waals surface area contributed by atoms with E-state index in [-0.39, 0.29) is 18.5 Å². The van der Waals surface area contributed by atoms with E-state index in [2.05, 4.69) is 19.2 Å². The average molecular weight is 1030 g/mol. The van der Waals surface area contributed by atoms with Crippen molar-refractivity contribution in [2.75, 3.05) is 13.2 Å². The van der Waals surface area contributed by atoms with Crippen LogP contribution < -0.4 is 5.32 Å². The molecule has 0 heterocycles. The van der Waals surface area contributed by atoms with Gasteiger partial charge in [-0.3, -0.25) is 9.59 Å². The maximum atomic E-state index is 12.4. The standard InChI is InChI=1S/C67H133NO5/c1-3-5-7-9-11-13-14-15-34-38-41-45-49-53-57-61-67(72)73-62-58-54-50-46-42-39-36-33-31-29-27-25-23-21-19-17-16-18-20-22-24-26-28-30-32-35-37-40-44-48-52-56-60-66(71)68-64(63-69)65(70)59-55-51-47-43-12-10-8-6-4-2/h64-65,69-70H,3-63H2,1-2H3,(H,68,71). The summed E-state index contributed by atoms with van der Waals surface area (Å²) in [6.45, 7) is 4.97. The summed E-state index contributed by atoms with van der Waals surface area (Å²) in [5, 5.41) is 23.1. The molecule has 0 aliphatic rings. The summed E-state index contributed by atoms with van der Waals surface area (Å²) in [7, 11) is 0. The molecule has 6 heteroatoms. The first kappa shape index (κ1) is 71.9. The molecule has 0 spiro atoms. The highest BCUT2D eigenvalue weighted by Crippen LogP contribution is 2.19. The average Bonchev–Trinajstić information content (AvgIpc) is 3.39. The summed E-state index contributed by atoms with van der Waals surface area (Å²) < 4.78 is 5.50. The van der Waals surface area contributed by atoms with Gasteiger partial charge in [0.25, 0.3) is 0 Å². The van der Waals surface area contributed by atoms with Gasteiger partial charge in [0.05, 0.1) is 25.4 Å². The van der Waals surface area contributed by atoms with Crippen LogP contribution in [-0.2, 0) is 14.3 Å². The molecule has 0 aromatic carbocycles. The van der Waals surface area contributed by atoms with Gasteiger partial charge in [0.2, 0.25) is 5.91 Å². The number of ether oxygens (including phenoxy) is 1. The van der Waals surface area contributed by atoms with Crippen molar-refractivity contribution in [3.63, 3.8) is 0 Å². The summed E-state index contributed by atoms with van der Waals surface area (Å²) in [5.74, 6) is -0.00558. The van der Waals surface area contributed by atoms with E-state index in [0.717, 1.165) is 38.5 Å². The lowest BCUT2D eigenvalue weighted by Crippen LogP contribution is -2.45. The summed E-state index contributed by atoms with van der Waals surface area (Å²) >= 11 is 0. The van der Waals surface area contributed by atoms with Crippen molar-refractivity contribution < 1.29 is 24.5 Å². The number of hydrogen-bond donors (Lipinski definition) is 3. The van der Waals surface area contributed by atoms with Crippen molar-refractivity contribution in [3.05, 3.63) is 0 Å². The highest BCUT2D eigenvalue weighted by atomic mass is 16.5. The Morgan fingerprint density at radius 3 is 0.836 bits per heavy atom. The Hall–Kier alpha value is -1.14. The lowest BCUT2D eigenvalue weighted by atomic mass is 10.0. The Labute approximate surface area is 457 Å². The number of rotatable bonds is 64. The van der Waals surface area contributed by atoms with Gasteiger partial charge in [-0.15, -0.1) is 0 Å². The molecule has 2 atom stereocenters. The molecule has 0 fully saturated rings. The normalized spacial score (nSPS) is 12.4. The molecule has 73 heavy (non-hydrogen) atoms. The van der Waals surface area contributed by atoms with Crippen molar-refractivity contribution >= 4 is 11.9 Å². The SMILES string of the molecule is CCCCCCCCCCCCCCCCCC(=O)OCCCCCCCCCCCCCCCCCCCCCCCCCCCCCCCCCCC(=O)NC(CO)C(O)CCCCCCCCCCC. The predicted molar refractivity (Wildman–Crippen MR) is 320 cm³/mol. The highest BCUT2D eigenvalue weighted by molar-refractivity contribution is 5.76. The van der Waals surface area contributed by atoms with Gasteiger partial charge in [0.15, 0.2) is 0 Å². The Bertz CT molecular complexity index is 1050. The number of aliphatic hydroxyl groups is 2. The second-order valence-electron chi connectivity index (χ2n) is 23.5. The predicted octanol–water partition coefficient (Wildman–Crippen LogP) is 21.4. The number of amides is 1. The molecule has 1 amide bonds. The number of unbranched alkanes of at least 4 members (excludes halogenated alkanes) is 53. The zero-order valence-corrected chi connectivity index (χ0v) is 49.9. The molecule has 0 saturated heterocycles. The molecular formula is C67H133NO5. The summed E-state index contributed by atoms with van der Waals surface area (Å²) in [6.07, 6.45) is 75.9. The van der Waals surface area contributed by atoms with E-state index < -0.39 is 12.1 Å². The van der Waals surface area contributed by atoms with E-state index in [4.69, 9.17) is 4.74 Å². The van der Waals surface area contributed by atoms with E-state index in [1.165, 1.54) is 321 Å². The minimum atomic E-state index is -0.657. The molecule has 0 aliphatic carbocycles. The number of aliphatic hydroxyl groups excluding tert-OH is 2. The monoisotopic (exact) mass is 1030 g/mol. The maximum Gasteiger partial charge on any atom is 0.305 e. The molecule has 0 radical (unpaired) electrons. The second-order valence-corrected chi connectivity index (χ2v) is 23.5. The van der Waals surface area contributed by atoms with Gasteiger partial charge < -0.3 is 20.3 Å². The maximum absolute atomic E-state index is 12.4. The van der Waals surface area contributed by atoms with Crippen molar-refractivity contribution in [1.82, 2.24) is 5.32 Å². The number of carbonyl (C=O) groups is 2. The molecule has 0 aromatic heterocycles. The van der Waals surface area contributed by atoms with Gasteiger partial charge in [0.1, 0.15) is 0 Å². The lowest BCUT2D eigenvalue weighted by molar-refractivity contribution is -0.143. The van der Waals surface area contributed by atoms with Crippen LogP contribution in [0.3, 0.4) is 0 Å². The van der Waals surface area contributed by atoms with Gasteiger partial charge >= 0.3 is 5.97 Å². The van der Waals surface area contributed by atoms with Crippen LogP contribution in [-0.4, -0.2) is 47.4 Å². The summed E-state index contributed by atoms with van der Waals surface area (Å²) in [4.78, 5) is 24.5. The van der Waals surface area contributed by atoms with Gasteiger partial charge in [-0.1, -0.05) is 354 Å². The Morgan fingerprint density at radius 1 is 0.329 bits per heavy atom. The zero-order chi connectivity index (χ0) is 52.9. The fourth-order valence-electron chi connectivity index (χ4n) is 11.0. The topological polar surface area (TPSA) is 95.9 Å². The fraction of sp³-hybridized carbons (Fsp3) is 0.970. The van der Waals surface area contributed by atoms with Crippen LogP contribution in [0.25, 0.3) is 0 Å². The van der Waals surface area contributed by atoms with Crippen molar-refractivity contribution in [2.24, 2.45) is 0 Å². The number of nitrogens with one attached hydrogen (secondary N) is 1. The van der Waals surface area contributed by atoms with Gasteiger partial charge in [-0.25, -0.2) is 0 Å². The van der Waals surface area contributed by atoms with Gasteiger partial charge in [-0.2, -0.15) is 0 Å². The van der Waals surface area contributed by atoms with Gasteiger partial charge in [-0.05, 0) is 25.7 Å². The quantitative estimate of drug-likeness (QED) is 0.0417. The molecule has 0 aliphatic heterocycles. The second kappa shape index (κ2) is 63.4. The third-order valence-corrected chi connectivity index (χ3v) is 16.2. The smallest absolute Gasteiger partial charge is 0.305 e. The van der Waals surface area contributed by atoms with Crippen LogP contribution in [0.2, 0.25) is 0 Å². The van der Waals surface area contributed by atoms with Crippen LogP contribution in [0.1, 0.15) is 393 Å². The van der Waals surface area contributed by atoms with Crippen LogP contribution in [0.15, 0.2) is 0 Å². The number of esters is 1. The largest absolute Gasteiger partial charge is 0.466 e. The van der Waals surface area contributed by atoms with E-state index in [0.29, 0.717) is 25.9 Å². The van der Waals surface area contributed by atoms with Gasteiger partial charge in [0, 0.05) is 12.8 Å². The highest BCUT2D eigenvalue weighted by Gasteiger charge is 2.20. The third-order valence-electron chi connectivity index (χ3n) is 16.2. The lowest BCUT2D eigenvalue weighted by Gasteiger charge is -2.22. The molecule has 2 unspecified atom stereocenters. The first-order chi connectivity index (χ1) is 36.0. The third kappa shape index (κ3) is 60.0. The summed E-state index contributed by atoms with van der Waals surface area (Å²) in [5.41, 5.74) is 0. The van der Waals surface area contributed by atoms with Crippen LogP contribution in [0, 0.1) is 0 Å². The van der Waals surface area contributed by atoms with Crippen LogP contribution >= 0.6 is 0 Å². The van der Waals surface area contributed by atoms with E-state index in [1.807, 2.05) is 0 Å². The molecule has 0 bridgehead atoms. The van der Waals surface area contributed by atoms with E-state index in [1.54, 1.807) is 0 Å².